The van der Waals surface area contributed by atoms with Crippen molar-refractivity contribution in [2.24, 2.45) is 5.73 Å². The van der Waals surface area contributed by atoms with Gasteiger partial charge in [0.05, 0.1) is 18.3 Å². The van der Waals surface area contributed by atoms with Gasteiger partial charge < -0.3 is 20.3 Å². The molecule has 90 valence electrons. The molecular weight excluding hydrogens is 194 g/mol. The van der Waals surface area contributed by atoms with Crippen LogP contribution in [0.3, 0.4) is 0 Å². The molecule has 0 saturated carbocycles. The molecule has 2 atom stereocenters. The summed E-state index contributed by atoms with van der Waals surface area (Å²) in [7, 11) is 0. The maximum absolute atomic E-state index is 9.65. The van der Waals surface area contributed by atoms with E-state index in [1.807, 2.05) is 0 Å². The predicted octanol–water partition coefficient (Wildman–Crippen LogP) is 0.672. The maximum atomic E-state index is 9.65. The van der Waals surface area contributed by atoms with Gasteiger partial charge in [-0.1, -0.05) is 0 Å². The molecule has 0 aromatic rings. The second-order valence-electron chi connectivity index (χ2n) is 4.51. The minimum atomic E-state index is -0.712. The summed E-state index contributed by atoms with van der Waals surface area (Å²) >= 11 is 0. The van der Waals surface area contributed by atoms with Gasteiger partial charge in [-0.05, 0) is 32.6 Å². The highest BCUT2D eigenvalue weighted by atomic mass is 16.5. The Morgan fingerprint density at radius 3 is 2.93 bits per heavy atom. The summed E-state index contributed by atoms with van der Waals surface area (Å²) in [5, 5.41) is 9.65. The summed E-state index contributed by atoms with van der Waals surface area (Å²) < 4.78 is 10.8. The summed E-state index contributed by atoms with van der Waals surface area (Å²) in [6.07, 6.45) is 3.99. The Labute approximate surface area is 91.7 Å². The standard InChI is InChI=1S/C11H23NO3/c1-11(13,9-12)5-2-3-6-15-10-4-7-14-8-10/h10,13H,2-9,12H2,1H3. The van der Waals surface area contributed by atoms with Crippen molar-refractivity contribution < 1.29 is 14.6 Å². The molecule has 1 fully saturated rings. The minimum absolute atomic E-state index is 0.292. The highest BCUT2D eigenvalue weighted by Gasteiger charge is 2.18. The fraction of sp³-hybridized carbons (Fsp3) is 1.00. The predicted molar refractivity (Wildman–Crippen MR) is 58.7 cm³/mol. The Kier molecular flexibility index (Phi) is 5.53. The topological polar surface area (TPSA) is 64.7 Å². The highest BCUT2D eigenvalue weighted by Crippen LogP contribution is 2.13. The molecule has 1 heterocycles. The van der Waals surface area contributed by atoms with Gasteiger partial charge in [0, 0.05) is 19.8 Å². The van der Waals surface area contributed by atoms with Gasteiger partial charge in [-0.25, -0.2) is 0 Å². The lowest BCUT2D eigenvalue weighted by Crippen LogP contribution is -2.33. The zero-order chi connectivity index (χ0) is 11.1. The average Bonchev–Trinajstić information content (AvgIpc) is 2.70. The number of ether oxygens (including phenoxy) is 2. The van der Waals surface area contributed by atoms with E-state index >= 15 is 0 Å². The van der Waals surface area contributed by atoms with E-state index in [4.69, 9.17) is 15.2 Å². The molecule has 1 rings (SSSR count). The van der Waals surface area contributed by atoms with Crippen molar-refractivity contribution in [2.45, 2.75) is 44.3 Å². The molecule has 4 nitrogen and oxygen atoms in total. The van der Waals surface area contributed by atoms with Crippen molar-refractivity contribution >= 4 is 0 Å². The van der Waals surface area contributed by atoms with Crippen LogP contribution in [-0.2, 0) is 9.47 Å². The lowest BCUT2D eigenvalue weighted by Gasteiger charge is -2.20. The molecule has 0 aromatic carbocycles. The van der Waals surface area contributed by atoms with Gasteiger partial charge in [-0.3, -0.25) is 0 Å². The smallest absolute Gasteiger partial charge is 0.0830 e. The Bertz CT molecular complexity index is 167. The van der Waals surface area contributed by atoms with Crippen molar-refractivity contribution in [3.05, 3.63) is 0 Å². The van der Waals surface area contributed by atoms with Gasteiger partial charge >= 0.3 is 0 Å². The van der Waals surface area contributed by atoms with E-state index in [1.165, 1.54) is 0 Å². The Hall–Kier alpha value is -0.160. The van der Waals surface area contributed by atoms with E-state index in [1.54, 1.807) is 6.92 Å². The van der Waals surface area contributed by atoms with Gasteiger partial charge in [0.2, 0.25) is 0 Å². The second-order valence-corrected chi connectivity index (χ2v) is 4.51. The Balaban J connectivity index is 1.92. The molecule has 1 saturated heterocycles. The first-order valence-electron chi connectivity index (χ1n) is 5.76. The van der Waals surface area contributed by atoms with E-state index in [9.17, 15) is 5.11 Å². The van der Waals surface area contributed by atoms with Crippen molar-refractivity contribution in [2.75, 3.05) is 26.4 Å². The van der Waals surface area contributed by atoms with Crippen molar-refractivity contribution in [3.8, 4) is 0 Å². The number of unbranched alkanes of at least 4 members (excludes halogenated alkanes) is 1. The van der Waals surface area contributed by atoms with Crippen LogP contribution in [0.15, 0.2) is 0 Å². The third-order valence-corrected chi connectivity index (χ3v) is 2.79. The summed E-state index contributed by atoms with van der Waals surface area (Å²) in [4.78, 5) is 0. The minimum Gasteiger partial charge on any atom is -0.389 e. The molecule has 0 spiro atoms. The molecule has 1 aliphatic heterocycles. The van der Waals surface area contributed by atoms with Gasteiger partial charge in [0.25, 0.3) is 0 Å². The van der Waals surface area contributed by atoms with Crippen LogP contribution in [0.4, 0.5) is 0 Å². The molecule has 2 unspecified atom stereocenters. The third-order valence-electron chi connectivity index (χ3n) is 2.79. The molecule has 15 heavy (non-hydrogen) atoms. The van der Waals surface area contributed by atoms with E-state index in [0.717, 1.165) is 45.5 Å². The first kappa shape index (κ1) is 12.9. The van der Waals surface area contributed by atoms with E-state index in [0.29, 0.717) is 12.6 Å². The van der Waals surface area contributed by atoms with E-state index < -0.39 is 5.60 Å². The lowest BCUT2D eigenvalue weighted by molar-refractivity contribution is 0.0309. The van der Waals surface area contributed by atoms with Gasteiger partial charge in [-0.15, -0.1) is 0 Å². The van der Waals surface area contributed by atoms with Crippen LogP contribution in [-0.4, -0.2) is 43.2 Å². The van der Waals surface area contributed by atoms with Gasteiger partial charge in [0.1, 0.15) is 0 Å². The normalized spacial score (nSPS) is 25.4. The molecule has 0 amide bonds. The molecule has 4 heteroatoms. The zero-order valence-electron chi connectivity index (χ0n) is 9.58. The fourth-order valence-electron chi connectivity index (χ4n) is 1.60. The summed E-state index contributed by atoms with van der Waals surface area (Å²) in [6.45, 7) is 4.42. The summed E-state index contributed by atoms with van der Waals surface area (Å²) in [5.74, 6) is 0. The molecule has 3 N–H and O–H groups in total. The largest absolute Gasteiger partial charge is 0.389 e. The van der Waals surface area contributed by atoms with Crippen LogP contribution >= 0.6 is 0 Å². The van der Waals surface area contributed by atoms with Crippen molar-refractivity contribution in [3.63, 3.8) is 0 Å². The SMILES string of the molecule is CC(O)(CN)CCCCOC1CCOC1. The van der Waals surface area contributed by atoms with Crippen LogP contribution in [0.1, 0.15) is 32.6 Å². The van der Waals surface area contributed by atoms with Crippen LogP contribution in [0, 0.1) is 0 Å². The molecule has 0 radical (unpaired) electrons. The van der Waals surface area contributed by atoms with Crippen LogP contribution in [0.5, 0.6) is 0 Å². The molecule has 1 aliphatic rings. The molecule has 0 aliphatic carbocycles. The first-order valence-corrected chi connectivity index (χ1v) is 5.76. The van der Waals surface area contributed by atoms with Crippen molar-refractivity contribution in [1.82, 2.24) is 0 Å². The summed E-state index contributed by atoms with van der Waals surface area (Å²) in [6, 6.07) is 0. The number of rotatable bonds is 7. The first-order chi connectivity index (χ1) is 7.14. The van der Waals surface area contributed by atoms with E-state index in [2.05, 4.69) is 0 Å². The Morgan fingerprint density at radius 1 is 1.53 bits per heavy atom. The monoisotopic (exact) mass is 217 g/mol. The lowest BCUT2D eigenvalue weighted by atomic mass is 10.00. The molecular formula is C11H23NO3. The Morgan fingerprint density at radius 2 is 2.33 bits per heavy atom. The summed E-state index contributed by atoms with van der Waals surface area (Å²) in [5.41, 5.74) is 4.71. The third kappa shape index (κ3) is 5.47. The molecule has 0 bridgehead atoms. The second kappa shape index (κ2) is 6.43. The maximum Gasteiger partial charge on any atom is 0.0830 e. The number of hydrogen-bond acceptors (Lipinski definition) is 4. The van der Waals surface area contributed by atoms with Crippen molar-refractivity contribution in [1.29, 1.82) is 0 Å². The fourth-order valence-corrected chi connectivity index (χ4v) is 1.60. The zero-order valence-corrected chi connectivity index (χ0v) is 9.58. The number of nitrogens with two attached hydrogens (primary N) is 1. The van der Waals surface area contributed by atoms with E-state index in [-0.39, 0.29) is 0 Å². The number of aliphatic hydroxyl groups is 1. The number of hydrogen-bond donors (Lipinski definition) is 2. The molecule has 0 aromatic heterocycles. The van der Waals surface area contributed by atoms with Crippen LogP contribution < -0.4 is 5.73 Å². The van der Waals surface area contributed by atoms with Crippen LogP contribution in [0.2, 0.25) is 0 Å². The average molecular weight is 217 g/mol. The van der Waals surface area contributed by atoms with Crippen LogP contribution in [0.25, 0.3) is 0 Å². The van der Waals surface area contributed by atoms with Gasteiger partial charge in [0.15, 0.2) is 0 Å². The van der Waals surface area contributed by atoms with Gasteiger partial charge in [-0.2, -0.15) is 0 Å². The quantitative estimate of drug-likeness (QED) is 0.615. The highest BCUT2D eigenvalue weighted by molar-refractivity contribution is 4.72.